The quantitative estimate of drug-likeness (QED) is 0.453. The molecule has 27 heavy (non-hydrogen) atoms. The Balaban J connectivity index is 2.78. The van der Waals surface area contributed by atoms with Crippen LogP contribution in [0.2, 0.25) is 0 Å². The number of ether oxygens (including phenoxy) is 3. The normalized spacial score (nSPS) is 12.4. The zero-order chi connectivity index (χ0) is 20.7. The molecule has 0 aliphatic heterocycles. The van der Waals surface area contributed by atoms with Crippen molar-refractivity contribution in [1.29, 1.82) is 0 Å². The Morgan fingerprint density at radius 1 is 1.19 bits per heavy atom. The van der Waals surface area contributed by atoms with Crippen LogP contribution in [0.4, 0.5) is 0 Å². The first-order valence-corrected chi connectivity index (χ1v) is 10.3. The summed E-state index contributed by atoms with van der Waals surface area (Å²) in [5.41, 5.74) is 0.524. The van der Waals surface area contributed by atoms with Gasteiger partial charge in [-0.3, -0.25) is 0 Å². The van der Waals surface area contributed by atoms with Crippen molar-refractivity contribution in [2.75, 3.05) is 27.9 Å². The van der Waals surface area contributed by atoms with Crippen molar-refractivity contribution in [3.63, 3.8) is 0 Å². The maximum absolute atomic E-state index is 12.7. The second kappa shape index (κ2) is 10.2. The number of hydrogen-bond donors (Lipinski definition) is 1. The summed E-state index contributed by atoms with van der Waals surface area (Å²) in [7, 11) is 0.703. The molecule has 1 rings (SSSR count). The lowest BCUT2D eigenvalue weighted by atomic mass is 9.87. The van der Waals surface area contributed by atoms with Crippen molar-refractivity contribution in [2.24, 2.45) is 5.41 Å². The topological polar surface area (TPSA) is 90.9 Å². The van der Waals surface area contributed by atoms with E-state index in [1.807, 2.05) is 13.8 Å². The van der Waals surface area contributed by atoms with Crippen LogP contribution in [0.15, 0.2) is 23.1 Å². The number of benzene rings is 1. The zero-order valence-electron chi connectivity index (χ0n) is 17.0. The maximum Gasteiger partial charge on any atom is 0.337 e. The van der Waals surface area contributed by atoms with E-state index in [9.17, 15) is 13.2 Å². The van der Waals surface area contributed by atoms with Crippen LogP contribution in [-0.2, 0) is 24.2 Å². The van der Waals surface area contributed by atoms with Crippen LogP contribution in [0, 0.1) is 12.3 Å². The first-order valence-electron chi connectivity index (χ1n) is 8.80. The lowest BCUT2D eigenvalue weighted by molar-refractivity contribution is -0.107. The summed E-state index contributed by atoms with van der Waals surface area (Å²) in [4.78, 5) is 11.8. The van der Waals surface area contributed by atoms with Crippen molar-refractivity contribution in [3.8, 4) is 0 Å². The van der Waals surface area contributed by atoms with Crippen molar-refractivity contribution >= 4 is 16.0 Å². The van der Waals surface area contributed by atoms with Gasteiger partial charge in [-0.05, 0) is 49.3 Å². The number of carbonyl (C=O) groups excluding carboxylic acids is 1. The Bertz CT molecular complexity index is 726. The van der Waals surface area contributed by atoms with Crippen LogP contribution < -0.4 is 4.72 Å². The third-order valence-electron chi connectivity index (χ3n) is 4.46. The van der Waals surface area contributed by atoms with Gasteiger partial charge in [-0.15, -0.1) is 0 Å². The molecule has 1 aromatic rings. The molecule has 1 aromatic carbocycles. The molecule has 0 saturated heterocycles. The average Bonchev–Trinajstić information content (AvgIpc) is 2.63. The average molecular weight is 402 g/mol. The van der Waals surface area contributed by atoms with E-state index in [1.165, 1.54) is 13.2 Å². The summed E-state index contributed by atoms with van der Waals surface area (Å²) in [5, 5.41) is 0. The van der Waals surface area contributed by atoms with Gasteiger partial charge in [0.15, 0.2) is 6.29 Å². The van der Waals surface area contributed by atoms with Gasteiger partial charge in [0, 0.05) is 20.8 Å². The highest BCUT2D eigenvalue weighted by atomic mass is 32.2. The molecule has 0 saturated carbocycles. The van der Waals surface area contributed by atoms with Crippen molar-refractivity contribution in [1.82, 2.24) is 4.72 Å². The molecular weight excluding hydrogens is 370 g/mol. The second-order valence-electron chi connectivity index (χ2n) is 7.25. The summed E-state index contributed by atoms with van der Waals surface area (Å²) >= 11 is 0. The predicted octanol–water partition coefficient (Wildman–Crippen LogP) is 2.88. The van der Waals surface area contributed by atoms with Gasteiger partial charge < -0.3 is 14.2 Å². The van der Waals surface area contributed by atoms with Crippen LogP contribution >= 0.6 is 0 Å². The third kappa shape index (κ3) is 7.21. The number of carbonyl (C=O) groups is 1. The van der Waals surface area contributed by atoms with Crippen LogP contribution in [0.5, 0.6) is 0 Å². The Kier molecular flexibility index (Phi) is 8.87. The lowest BCUT2D eigenvalue weighted by Gasteiger charge is -2.26. The maximum atomic E-state index is 12.7. The lowest BCUT2D eigenvalue weighted by Crippen LogP contribution is -2.34. The van der Waals surface area contributed by atoms with Gasteiger partial charge in [0.1, 0.15) is 0 Å². The first-order chi connectivity index (χ1) is 12.6. The number of aryl methyl sites for hydroxylation is 1. The minimum Gasteiger partial charge on any atom is -0.465 e. The van der Waals surface area contributed by atoms with E-state index in [2.05, 4.69) is 9.46 Å². The highest BCUT2D eigenvalue weighted by molar-refractivity contribution is 7.89. The summed E-state index contributed by atoms with van der Waals surface area (Å²) in [6.07, 6.45) is 2.14. The SMILES string of the molecule is COC(=O)c1ccc(C)c(S(=O)(=O)NCC(C)(C)CCCC(OC)OC)c1. The van der Waals surface area contributed by atoms with E-state index in [1.54, 1.807) is 33.3 Å². The molecule has 154 valence electrons. The molecule has 0 fully saturated rings. The van der Waals surface area contributed by atoms with Crippen LogP contribution in [0.25, 0.3) is 0 Å². The van der Waals surface area contributed by atoms with Crippen LogP contribution in [0.1, 0.15) is 49.0 Å². The minimum atomic E-state index is -3.75. The molecule has 0 aliphatic rings. The largest absolute Gasteiger partial charge is 0.465 e. The van der Waals surface area contributed by atoms with Gasteiger partial charge in [0.05, 0.1) is 17.6 Å². The molecule has 0 aromatic heterocycles. The number of sulfonamides is 1. The number of nitrogens with one attached hydrogen (secondary N) is 1. The van der Waals surface area contributed by atoms with E-state index in [4.69, 9.17) is 9.47 Å². The van der Waals surface area contributed by atoms with E-state index in [0.717, 1.165) is 19.3 Å². The minimum absolute atomic E-state index is 0.0834. The van der Waals surface area contributed by atoms with Gasteiger partial charge in [0.25, 0.3) is 0 Å². The monoisotopic (exact) mass is 401 g/mol. The first kappa shape index (κ1) is 23.6. The standard InChI is InChI=1S/C19H31NO6S/c1-14-9-10-15(18(21)26-6)12-16(14)27(22,23)20-13-19(2,3)11-7-8-17(24-4)25-5/h9-10,12,17,20H,7-8,11,13H2,1-6H3. The molecule has 0 unspecified atom stereocenters. The Morgan fingerprint density at radius 2 is 1.81 bits per heavy atom. The molecule has 0 spiro atoms. The molecule has 0 radical (unpaired) electrons. The molecule has 1 N–H and O–H groups in total. The molecule has 0 atom stereocenters. The van der Waals surface area contributed by atoms with Gasteiger partial charge in [-0.2, -0.15) is 0 Å². The van der Waals surface area contributed by atoms with Gasteiger partial charge in [-0.25, -0.2) is 17.9 Å². The van der Waals surface area contributed by atoms with Crippen molar-refractivity contribution in [3.05, 3.63) is 29.3 Å². The smallest absolute Gasteiger partial charge is 0.337 e. The summed E-state index contributed by atoms with van der Waals surface area (Å²) in [6, 6.07) is 4.49. The summed E-state index contributed by atoms with van der Waals surface area (Å²) < 4.78 is 43.1. The molecule has 7 nitrogen and oxygen atoms in total. The van der Waals surface area contributed by atoms with E-state index < -0.39 is 16.0 Å². The second-order valence-corrected chi connectivity index (χ2v) is 8.99. The van der Waals surface area contributed by atoms with Crippen LogP contribution in [0.3, 0.4) is 0 Å². The van der Waals surface area contributed by atoms with E-state index >= 15 is 0 Å². The highest BCUT2D eigenvalue weighted by Gasteiger charge is 2.24. The molecule has 0 amide bonds. The number of rotatable bonds is 11. The fourth-order valence-corrected chi connectivity index (χ4v) is 4.18. The summed E-state index contributed by atoms with van der Waals surface area (Å²) in [5.74, 6) is -0.572. The van der Waals surface area contributed by atoms with E-state index in [-0.39, 0.29) is 28.7 Å². The highest BCUT2D eigenvalue weighted by Crippen LogP contribution is 2.25. The van der Waals surface area contributed by atoms with Gasteiger partial charge in [0.2, 0.25) is 10.0 Å². The molecule has 0 bridgehead atoms. The van der Waals surface area contributed by atoms with Gasteiger partial charge >= 0.3 is 5.97 Å². The zero-order valence-corrected chi connectivity index (χ0v) is 17.8. The molecular formula is C19H31NO6S. The van der Waals surface area contributed by atoms with Gasteiger partial charge in [-0.1, -0.05) is 19.9 Å². The number of esters is 1. The van der Waals surface area contributed by atoms with Crippen LogP contribution in [-0.4, -0.2) is 48.6 Å². The fraction of sp³-hybridized carbons (Fsp3) is 0.632. The number of methoxy groups -OCH3 is 3. The van der Waals surface area contributed by atoms with E-state index in [0.29, 0.717) is 5.56 Å². The Labute approximate surface area is 162 Å². The summed E-state index contributed by atoms with van der Waals surface area (Å²) in [6.45, 7) is 5.97. The predicted molar refractivity (Wildman–Crippen MR) is 103 cm³/mol. The molecule has 8 heteroatoms. The third-order valence-corrected chi connectivity index (χ3v) is 6.00. The number of hydrogen-bond acceptors (Lipinski definition) is 6. The molecule has 0 aliphatic carbocycles. The van der Waals surface area contributed by atoms with Crippen molar-refractivity contribution in [2.45, 2.75) is 51.2 Å². The fourth-order valence-electron chi connectivity index (χ4n) is 2.67. The molecule has 0 heterocycles. The Morgan fingerprint density at radius 3 is 2.37 bits per heavy atom. The Hall–Kier alpha value is -1.48. The van der Waals surface area contributed by atoms with Crippen molar-refractivity contribution < 1.29 is 27.4 Å².